The first-order valence-electron chi connectivity index (χ1n) is 11.0. The maximum absolute atomic E-state index is 13.0. The van der Waals surface area contributed by atoms with Crippen molar-refractivity contribution in [2.45, 2.75) is 32.8 Å². The predicted molar refractivity (Wildman–Crippen MR) is 127 cm³/mol. The number of carbonyl (C=O) groups excluding carboxylic acids is 3. The number of aryl methyl sites for hydroxylation is 1. The van der Waals surface area contributed by atoms with E-state index in [1.54, 1.807) is 30.3 Å². The monoisotopic (exact) mass is 450 g/mol. The third-order valence-electron chi connectivity index (χ3n) is 5.72. The van der Waals surface area contributed by atoms with Crippen LogP contribution < -0.4 is 5.32 Å². The highest BCUT2D eigenvalue weighted by Crippen LogP contribution is 2.18. The summed E-state index contributed by atoms with van der Waals surface area (Å²) in [6.45, 7) is 4.89. The van der Waals surface area contributed by atoms with Crippen molar-refractivity contribution in [3.63, 3.8) is 0 Å². The van der Waals surface area contributed by atoms with Crippen LogP contribution in [0.5, 0.6) is 0 Å². The van der Waals surface area contributed by atoms with Crippen LogP contribution in [0.1, 0.15) is 39.9 Å². The summed E-state index contributed by atoms with van der Waals surface area (Å²) in [4.78, 5) is 38.8. The van der Waals surface area contributed by atoms with Gasteiger partial charge in [-0.25, -0.2) is 4.79 Å². The number of rotatable bonds is 8. The van der Waals surface area contributed by atoms with E-state index in [9.17, 15) is 14.4 Å². The molecule has 3 rings (SSSR count). The normalized spacial score (nSPS) is 15.4. The molecule has 7 nitrogen and oxygen atoms in total. The van der Waals surface area contributed by atoms with Crippen LogP contribution in [0.15, 0.2) is 48.5 Å². The molecule has 1 fully saturated rings. The van der Waals surface area contributed by atoms with Crippen molar-refractivity contribution < 1.29 is 23.9 Å². The van der Waals surface area contributed by atoms with Gasteiger partial charge in [-0.2, -0.15) is 0 Å². The number of anilines is 1. The number of amides is 2. The molecule has 2 aromatic rings. The smallest absolute Gasteiger partial charge is 0.337 e. The Bertz CT molecular complexity index is 1020. The Kier molecular flexibility index (Phi) is 8.38. The summed E-state index contributed by atoms with van der Waals surface area (Å²) in [5.74, 6) is -0.955. The Morgan fingerprint density at radius 3 is 2.58 bits per heavy atom. The fourth-order valence-corrected chi connectivity index (χ4v) is 3.64. The lowest BCUT2D eigenvalue weighted by Gasteiger charge is -2.24. The van der Waals surface area contributed by atoms with E-state index < -0.39 is 5.97 Å². The number of benzene rings is 2. The highest BCUT2D eigenvalue weighted by Gasteiger charge is 2.23. The largest absolute Gasteiger partial charge is 0.465 e. The lowest BCUT2D eigenvalue weighted by molar-refractivity contribution is -0.131. The molecule has 7 heteroatoms. The van der Waals surface area contributed by atoms with E-state index in [0.717, 1.165) is 35.2 Å². The van der Waals surface area contributed by atoms with Gasteiger partial charge in [0.1, 0.15) is 6.54 Å². The van der Waals surface area contributed by atoms with Crippen molar-refractivity contribution in [2.75, 3.05) is 32.1 Å². The average Bonchev–Trinajstić information content (AvgIpc) is 3.33. The third-order valence-corrected chi connectivity index (χ3v) is 5.72. The molecule has 33 heavy (non-hydrogen) atoms. The van der Waals surface area contributed by atoms with E-state index in [0.29, 0.717) is 18.7 Å². The molecule has 1 aliphatic heterocycles. The van der Waals surface area contributed by atoms with Crippen molar-refractivity contribution in [2.24, 2.45) is 0 Å². The van der Waals surface area contributed by atoms with Crippen LogP contribution >= 0.6 is 0 Å². The number of nitrogens with zero attached hydrogens (tertiary/aromatic N) is 1. The first-order chi connectivity index (χ1) is 15.9. The molecule has 2 aromatic carbocycles. The minimum Gasteiger partial charge on any atom is -0.465 e. The summed E-state index contributed by atoms with van der Waals surface area (Å²) in [6, 6.07) is 12.5. The summed E-state index contributed by atoms with van der Waals surface area (Å²) < 4.78 is 10.4. The second-order valence-corrected chi connectivity index (χ2v) is 8.10. The molecule has 174 valence electrons. The molecular formula is C26H30N2O5. The van der Waals surface area contributed by atoms with Gasteiger partial charge in [0.15, 0.2) is 0 Å². The molecule has 0 bridgehead atoms. The van der Waals surface area contributed by atoms with Crippen LogP contribution in [0.4, 0.5) is 5.69 Å². The quantitative estimate of drug-likeness (QED) is 0.489. The number of hydrogen-bond acceptors (Lipinski definition) is 5. The van der Waals surface area contributed by atoms with Gasteiger partial charge in [0.05, 0.1) is 18.8 Å². The topological polar surface area (TPSA) is 84.9 Å². The fourth-order valence-electron chi connectivity index (χ4n) is 3.64. The van der Waals surface area contributed by atoms with Crippen molar-refractivity contribution in [1.82, 2.24) is 4.90 Å². The molecule has 1 heterocycles. The maximum Gasteiger partial charge on any atom is 0.337 e. The fraction of sp³-hybridized carbons (Fsp3) is 0.346. The number of methoxy groups -OCH3 is 1. The number of hydrogen-bond donors (Lipinski definition) is 1. The van der Waals surface area contributed by atoms with Crippen LogP contribution in [0, 0.1) is 13.8 Å². The second-order valence-electron chi connectivity index (χ2n) is 8.10. The van der Waals surface area contributed by atoms with Gasteiger partial charge < -0.3 is 19.7 Å². The Hall–Kier alpha value is -3.45. The summed E-state index contributed by atoms with van der Waals surface area (Å²) in [5.41, 5.74) is 4.02. The Morgan fingerprint density at radius 2 is 1.91 bits per heavy atom. The lowest BCUT2D eigenvalue weighted by Crippen LogP contribution is -2.41. The van der Waals surface area contributed by atoms with Crippen molar-refractivity contribution in [3.05, 3.63) is 70.8 Å². The Balaban J connectivity index is 1.69. The van der Waals surface area contributed by atoms with Crippen LogP contribution in [0.3, 0.4) is 0 Å². The molecule has 1 aliphatic rings. The van der Waals surface area contributed by atoms with Gasteiger partial charge in [0.25, 0.3) is 0 Å². The molecule has 1 atom stereocenters. The van der Waals surface area contributed by atoms with Gasteiger partial charge in [-0.15, -0.1) is 0 Å². The third kappa shape index (κ3) is 6.76. The van der Waals surface area contributed by atoms with Gasteiger partial charge in [-0.1, -0.05) is 24.3 Å². The average molecular weight is 451 g/mol. The maximum atomic E-state index is 13.0. The number of nitrogens with one attached hydrogen (secondary N) is 1. The number of carbonyl (C=O) groups is 3. The first kappa shape index (κ1) is 24.2. The molecule has 1 N–H and O–H groups in total. The van der Waals surface area contributed by atoms with Gasteiger partial charge in [-0.3, -0.25) is 9.59 Å². The van der Waals surface area contributed by atoms with Gasteiger partial charge in [-0.05, 0) is 67.7 Å². The molecule has 0 aliphatic carbocycles. The van der Waals surface area contributed by atoms with E-state index in [1.807, 2.05) is 32.0 Å². The summed E-state index contributed by atoms with van der Waals surface area (Å²) >= 11 is 0. The zero-order valence-corrected chi connectivity index (χ0v) is 19.3. The molecule has 0 spiro atoms. The highest BCUT2D eigenvalue weighted by atomic mass is 16.5. The van der Waals surface area contributed by atoms with E-state index >= 15 is 0 Å². The van der Waals surface area contributed by atoms with Crippen molar-refractivity contribution in [1.29, 1.82) is 0 Å². The van der Waals surface area contributed by atoms with E-state index in [2.05, 4.69) is 5.32 Å². The molecule has 0 radical (unpaired) electrons. The molecule has 0 saturated carbocycles. The zero-order valence-electron chi connectivity index (χ0n) is 19.3. The van der Waals surface area contributed by atoms with Crippen molar-refractivity contribution >= 4 is 29.5 Å². The number of esters is 1. The zero-order chi connectivity index (χ0) is 23.8. The van der Waals surface area contributed by atoms with Gasteiger partial charge >= 0.3 is 5.97 Å². The van der Waals surface area contributed by atoms with E-state index in [1.165, 1.54) is 18.1 Å². The second kappa shape index (κ2) is 11.4. The molecule has 1 saturated heterocycles. The Labute approximate surface area is 194 Å². The van der Waals surface area contributed by atoms with Crippen LogP contribution in [-0.2, 0) is 19.1 Å². The van der Waals surface area contributed by atoms with E-state index in [4.69, 9.17) is 9.47 Å². The van der Waals surface area contributed by atoms with E-state index in [-0.39, 0.29) is 24.5 Å². The van der Waals surface area contributed by atoms with Crippen LogP contribution in [0.2, 0.25) is 0 Å². The summed E-state index contributed by atoms with van der Waals surface area (Å²) in [6.07, 6.45) is 4.84. The minimum atomic E-state index is -0.417. The molecular weight excluding hydrogens is 420 g/mol. The van der Waals surface area contributed by atoms with Crippen LogP contribution in [0.25, 0.3) is 6.08 Å². The summed E-state index contributed by atoms with van der Waals surface area (Å²) in [7, 11) is 1.33. The predicted octanol–water partition coefficient (Wildman–Crippen LogP) is 3.75. The van der Waals surface area contributed by atoms with Crippen LogP contribution in [-0.4, -0.2) is 55.6 Å². The highest BCUT2D eigenvalue weighted by molar-refractivity contribution is 5.98. The standard InChI is InChI=1S/C26H30N2O5/c1-18-6-4-8-23(19(18)2)27-24(29)17-28(16-22-7-5-15-33-22)25(30)14-11-20-9-12-21(13-10-20)26(31)32-3/h4,6,8-14,22H,5,7,15-17H2,1-3H3,(H,27,29)/b14-11+. The molecule has 2 amide bonds. The lowest BCUT2D eigenvalue weighted by atomic mass is 10.1. The summed E-state index contributed by atoms with van der Waals surface area (Å²) in [5, 5.41) is 2.92. The Morgan fingerprint density at radius 1 is 1.15 bits per heavy atom. The minimum absolute atomic E-state index is 0.0717. The number of ether oxygens (including phenoxy) is 2. The van der Waals surface area contributed by atoms with Gasteiger partial charge in [0.2, 0.25) is 11.8 Å². The van der Waals surface area contributed by atoms with Gasteiger partial charge in [0, 0.05) is 24.9 Å². The van der Waals surface area contributed by atoms with Crippen molar-refractivity contribution in [3.8, 4) is 0 Å². The SMILES string of the molecule is COC(=O)c1ccc(/C=C/C(=O)N(CC(=O)Nc2cccc(C)c2C)CC2CCCO2)cc1. The first-order valence-corrected chi connectivity index (χ1v) is 11.0. The molecule has 0 aromatic heterocycles. The molecule has 1 unspecified atom stereocenters.